The number of allylic oxidation sites excluding steroid dienone is 1. The summed E-state index contributed by atoms with van der Waals surface area (Å²) in [6.07, 6.45) is 24.4. The van der Waals surface area contributed by atoms with Crippen LogP contribution in [-0.4, -0.2) is 17.5 Å². The van der Waals surface area contributed by atoms with E-state index in [1.165, 1.54) is 83.5 Å². The van der Waals surface area contributed by atoms with Crippen molar-refractivity contribution in [3.8, 4) is 0 Å². The number of unbranched alkanes of at least 4 members (excludes halogenated alkanes) is 5. The van der Waals surface area contributed by atoms with Crippen LogP contribution in [0.5, 0.6) is 0 Å². The third-order valence-electron chi connectivity index (χ3n) is 11.2. The quantitative estimate of drug-likeness (QED) is 0.121. The van der Waals surface area contributed by atoms with E-state index in [-0.39, 0.29) is 12.1 Å². The number of fused-ring (bicyclic) bond motifs is 5. The largest absolute Gasteiger partial charge is 0.461 e. The first kappa shape index (κ1) is 27.5. The summed E-state index contributed by atoms with van der Waals surface area (Å²) in [4.78, 5) is 12.4. The molecule has 2 nitrogen and oxygen atoms in total. The lowest BCUT2D eigenvalue weighted by Crippen LogP contribution is -2.50. The number of carbonyl (C=O) groups is 1. The first-order chi connectivity index (χ1) is 16.8. The van der Waals surface area contributed by atoms with Gasteiger partial charge >= 0.3 is 5.97 Å². The summed E-state index contributed by atoms with van der Waals surface area (Å²) in [5.74, 6) is 3.37. The lowest BCUT2D eigenvalue weighted by atomic mass is 9.47. The number of esters is 1. The summed E-state index contributed by atoms with van der Waals surface area (Å²) in [6.45, 7) is 9.61. The van der Waals surface area contributed by atoms with Crippen LogP contribution in [0.4, 0.5) is 0 Å². The van der Waals surface area contributed by atoms with Crippen LogP contribution in [0.15, 0.2) is 11.6 Å². The van der Waals surface area contributed by atoms with Gasteiger partial charge in [-0.25, -0.2) is 0 Å². The van der Waals surface area contributed by atoms with Gasteiger partial charge in [0.2, 0.25) is 0 Å². The zero-order chi connectivity index (χ0) is 25.1. The van der Waals surface area contributed by atoms with E-state index >= 15 is 0 Å². The van der Waals surface area contributed by atoms with Crippen LogP contribution in [0, 0.1) is 34.5 Å². The number of alkyl halides is 1. The minimum atomic E-state index is -0.485. The molecule has 4 aliphatic carbocycles. The summed E-state index contributed by atoms with van der Waals surface area (Å²) in [6, 6.07) is 0. The third kappa shape index (κ3) is 5.68. The fraction of sp³-hybridized carbons (Fsp3) is 0.906. The Morgan fingerprint density at radius 1 is 1.00 bits per heavy atom. The predicted molar refractivity (Wildman–Crippen MR) is 148 cm³/mol. The number of halogens is 1. The van der Waals surface area contributed by atoms with Gasteiger partial charge in [-0.2, -0.15) is 0 Å². The first-order valence-electron chi connectivity index (χ1n) is 15.4. The van der Waals surface area contributed by atoms with Gasteiger partial charge in [-0.15, -0.1) is 11.6 Å². The predicted octanol–water partition coefficient (Wildman–Crippen LogP) is 9.64. The zero-order valence-electron chi connectivity index (χ0n) is 23.3. The highest BCUT2D eigenvalue weighted by Crippen LogP contribution is 2.66. The van der Waals surface area contributed by atoms with Crippen LogP contribution in [0.1, 0.15) is 137 Å². The highest BCUT2D eigenvalue weighted by Gasteiger charge is 2.58. The van der Waals surface area contributed by atoms with Crippen LogP contribution < -0.4 is 0 Å². The molecule has 0 saturated heterocycles. The van der Waals surface area contributed by atoms with Crippen molar-refractivity contribution < 1.29 is 9.53 Å². The zero-order valence-corrected chi connectivity index (χ0v) is 24.0. The fourth-order valence-electron chi connectivity index (χ4n) is 9.09. The molecule has 0 heterocycles. The Morgan fingerprint density at radius 3 is 2.54 bits per heavy atom. The Labute approximate surface area is 221 Å². The summed E-state index contributed by atoms with van der Waals surface area (Å²) < 4.78 is 5.89. The van der Waals surface area contributed by atoms with Crippen molar-refractivity contribution in [3.05, 3.63) is 11.6 Å². The molecule has 4 rings (SSSR count). The normalized spacial score (nSPS) is 39.2. The van der Waals surface area contributed by atoms with Crippen LogP contribution in [-0.2, 0) is 9.53 Å². The molecule has 0 aromatic heterocycles. The highest BCUT2D eigenvalue weighted by atomic mass is 35.5. The smallest absolute Gasteiger partial charge is 0.324 e. The van der Waals surface area contributed by atoms with Crippen molar-refractivity contribution in [1.82, 2.24) is 0 Å². The lowest BCUT2D eigenvalue weighted by molar-refractivity contribution is -0.151. The second-order valence-corrected chi connectivity index (χ2v) is 13.7. The Bertz CT molecular complexity index is 746. The van der Waals surface area contributed by atoms with Crippen LogP contribution >= 0.6 is 11.6 Å². The van der Waals surface area contributed by atoms with E-state index in [0.29, 0.717) is 17.3 Å². The third-order valence-corrected chi connectivity index (χ3v) is 11.6. The minimum absolute atomic E-state index is 0.0264. The average molecular weight is 505 g/mol. The van der Waals surface area contributed by atoms with E-state index in [0.717, 1.165) is 42.9 Å². The van der Waals surface area contributed by atoms with Crippen LogP contribution in [0.25, 0.3) is 0 Å². The Balaban J connectivity index is 1.36. The second kappa shape index (κ2) is 11.9. The summed E-state index contributed by atoms with van der Waals surface area (Å²) >= 11 is 6.25. The van der Waals surface area contributed by atoms with E-state index in [2.05, 4.69) is 33.8 Å². The summed E-state index contributed by atoms with van der Waals surface area (Å²) in [5, 5.41) is -0.485. The van der Waals surface area contributed by atoms with Crippen LogP contribution in [0.2, 0.25) is 0 Å². The Hall–Kier alpha value is -0.500. The van der Waals surface area contributed by atoms with Gasteiger partial charge in [0, 0.05) is 6.42 Å². The van der Waals surface area contributed by atoms with Gasteiger partial charge < -0.3 is 4.74 Å². The maximum atomic E-state index is 12.4. The van der Waals surface area contributed by atoms with Gasteiger partial charge in [-0.1, -0.05) is 84.3 Å². The standard InChI is InChI=1S/C32H53ClO2/c1-5-7-8-9-10-11-13-23-15-17-27-26-16-14-24-22-25(35-30(34)29(33)12-6-2)18-20-32(24,4)28(26)19-21-31(23,27)3/h14,23,25-29H,5-13,15-22H2,1-4H3/t23-,25-,26-,27-,28-,29-,31+,32-/m0/s1. The Morgan fingerprint density at radius 2 is 1.77 bits per heavy atom. The minimum Gasteiger partial charge on any atom is -0.461 e. The van der Waals surface area contributed by atoms with Gasteiger partial charge in [-0.3, -0.25) is 4.79 Å². The average Bonchev–Trinajstić information content (AvgIpc) is 3.18. The molecule has 0 amide bonds. The molecule has 3 saturated carbocycles. The summed E-state index contributed by atoms with van der Waals surface area (Å²) in [5.41, 5.74) is 2.48. The molecule has 0 N–H and O–H groups in total. The van der Waals surface area contributed by atoms with Gasteiger partial charge in [0.1, 0.15) is 11.5 Å². The molecule has 0 aromatic rings. The molecule has 0 aromatic carbocycles. The number of carbonyl (C=O) groups excluding carboxylic acids is 1. The second-order valence-electron chi connectivity index (χ2n) is 13.2. The molecule has 0 radical (unpaired) electrons. The molecule has 0 unspecified atom stereocenters. The fourth-order valence-corrected chi connectivity index (χ4v) is 9.36. The lowest BCUT2D eigenvalue weighted by Gasteiger charge is -2.58. The van der Waals surface area contributed by atoms with E-state index in [1.54, 1.807) is 5.57 Å². The van der Waals surface area contributed by atoms with Gasteiger partial charge in [0.15, 0.2) is 0 Å². The van der Waals surface area contributed by atoms with E-state index < -0.39 is 5.38 Å². The van der Waals surface area contributed by atoms with Gasteiger partial charge in [0.05, 0.1) is 0 Å². The highest BCUT2D eigenvalue weighted by molar-refractivity contribution is 6.29. The molecule has 0 bridgehead atoms. The molecule has 3 heteroatoms. The van der Waals surface area contributed by atoms with Crippen molar-refractivity contribution in [1.29, 1.82) is 0 Å². The van der Waals surface area contributed by atoms with Crippen molar-refractivity contribution >= 4 is 17.6 Å². The topological polar surface area (TPSA) is 26.3 Å². The SMILES string of the molecule is CCCCCCCC[C@H]1CC[C@H]2[C@@H]3CC=C4C[C@@H](OC(=O)[C@@H](Cl)CCC)CC[C@]4(C)[C@H]3CC[C@]12C. The number of ether oxygens (including phenoxy) is 1. The van der Waals surface area contributed by atoms with Crippen molar-refractivity contribution in [2.75, 3.05) is 0 Å². The maximum Gasteiger partial charge on any atom is 0.324 e. The van der Waals surface area contributed by atoms with Crippen molar-refractivity contribution in [2.45, 2.75) is 148 Å². The first-order valence-corrected chi connectivity index (χ1v) is 15.8. The van der Waals surface area contributed by atoms with E-state index in [9.17, 15) is 4.79 Å². The Kier molecular flexibility index (Phi) is 9.37. The molecule has 200 valence electrons. The van der Waals surface area contributed by atoms with Gasteiger partial charge in [-0.05, 0) is 92.3 Å². The molecular formula is C32H53ClO2. The molecule has 35 heavy (non-hydrogen) atoms. The molecule has 3 fully saturated rings. The molecular weight excluding hydrogens is 452 g/mol. The summed E-state index contributed by atoms with van der Waals surface area (Å²) in [7, 11) is 0. The number of rotatable bonds is 11. The van der Waals surface area contributed by atoms with E-state index in [4.69, 9.17) is 16.3 Å². The number of hydrogen-bond acceptors (Lipinski definition) is 2. The number of hydrogen-bond donors (Lipinski definition) is 0. The van der Waals surface area contributed by atoms with Gasteiger partial charge in [0.25, 0.3) is 0 Å². The molecule has 0 spiro atoms. The molecule has 0 aliphatic heterocycles. The van der Waals surface area contributed by atoms with E-state index in [1.807, 2.05) is 0 Å². The van der Waals surface area contributed by atoms with Crippen LogP contribution in [0.3, 0.4) is 0 Å². The van der Waals surface area contributed by atoms with Crippen molar-refractivity contribution in [2.24, 2.45) is 34.5 Å². The maximum absolute atomic E-state index is 12.4. The monoisotopic (exact) mass is 504 g/mol. The molecule has 4 aliphatic rings. The molecule has 8 atom stereocenters. The van der Waals surface area contributed by atoms with Crippen molar-refractivity contribution in [3.63, 3.8) is 0 Å².